The molecule has 1 atom stereocenters. The summed E-state index contributed by atoms with van der Waals surface area (Å²) in [4.78, 5) is 13.8. The Bertz CT molecular complexity index is 446. The van der Waals surface area contributed by atoms with Crippen LogP contribution < -0.4 is 10.5 Å². The van der Waals surface area contributed by atoms with Crippen LogP contribution in [0.25, 0.3) is 0 Å². The summed E-state index contributed by atoms with van der Waals surface area (Å²) in [5.74, 6) is 0.289. The van der Waals surface area contributed by atoms with Crippen molar-refractivity contribution in [2.45, 2.75) is 38.6 Å². The van der Waals surface area contributed by atoms with Gasteiger partial charge >= 0.3 is 0 Å². The molecule has 118 valence electrons. The average molecular weight is 296 g/mol. The summed E-state index contributed by atoms with van der Waals surface area (Å²) in [6.07, 6.45) is 2.24. The maximum Gasteiger partial charge on any atom is 0.242 e. The zero-order valence-electron chi connectivity index (χ0n) is 13.1. The molecule has 0 heterocycles. The Labute approximate surface area is 126 Å². The highest BCUT2D eigenvalue weighted by Crippen LogP contribution is 2.13. The van der Waals surface area contributed by atoms with Crippen LogP contribution in [0.5, 0.6) is 5.75 Å². The monoisotopic (exact) mass is 296 g/mol. The van der Waals surface area contributed by atoms with Crippen molar-refractivity contribution in [1.29, 1.82) is 0 Å². The van der Waals surface area contributed by atoms with Gasteiger partial charge in [0.1, 0.15) is 11.6 Å². The number of benzene rings is 1. The Morgan fingerprint density at radius 3 is 2.57 bits per heavy atom. The average Bonchev–Trinajstić information content (AvgIpc) is 2.44. The number of ether oxygens (including phenoxy) is 1. The van der Waals surface area contributed by atoms with E-state index in [0.717, 1.165) is 6.42 Å². The van der Waals surface area contributed by atoms with E-state index in [-0.39, 0.29) is 11.7 Å². The van der Waals surface area contributed by atoms with Crippen molar-refractivity contribution in [1.82, 2.24) is 4.90 Å². The van der Waals surface area contributed by atoms with Gasteiger partial charge in [-0.1, -0.05) is 13.3 Å². The van der Waals surface area contributed by atoms with Gasteiger partial charge in [-0.3, -0.25) is 4.79 Å². The molecule has 1 aromatic carbocycles. The third kappa shape index (κ3) is 5.71. The van der Waals surface area contributed by atoms with Gasteiger partial charge in [0, 0.05) is 13.6 Å². The lowest BCUT2D eigenvalue weighted by atomic mass is 9.96. The van der Waals surface area contributed by atoms with Crippen LogP contribution in [0.2, 0.25) is 0 Å². The molecule has 4 nitrogen and oxygen atoms in total. The van der Waals surface area contributed by atoms with Crippen molar-refractivity contribution in [2.24, 2.45) is 5.73 Å². The van der Waals surface area contributed by atoms with Crippen molar-refractivity contribution in [3.8, 4) is 5.75 Å². The van der Waals surface area contributed by atoms with Crippen LogP contribution in [0.3, 0.4) is 0 Å². The van der Waals surface area contributed by atoms with E-state index in [0.29, 0.717) is 31.7 Å². The highest BCUT2D eigenvalue weighted by Gasteiger charge is 2.29. The molecule has 1 aromatic rings. The normalized spacial score (nSPS) is 13.6. The van der Waals surface area contributed by atoms with Crippen molar-refractivity contribution in [2.75, 3.05) is 20.2 Å². The highest BCUT2D eigenvalue weighted by atomic mass is 19.1. The van der Waals surface area contributed by atoms with Crippen LogP contribution in [0.4, 0.5) is 4.39 Å². The van der Waals surface area contributed by atoms with E-state index in [4.69, 9.17) is 10.5 Å². The Hall–Kier alpha value is -1.62. The van der Waals surface area contributed by atoms with Gasteiger partial charge in [0.2, 0.25) is 5.91 Å². The molecule has 0 bridgehead atoms. The molecule has 0 aromatic heterocycles. The lowest BCUT2D eigenvalue weighted by Crippen LogP contribution is -2.52. The molecule has 0 spiro atoms. The molecule has 1 unspecified atom stereocenters. The number of rotatable bonds is 8. The summed E-state index contributed by atoms with van der Waals surface area (Å²) in [6.45, 7) is 4.83. The lowest BCUT2D eigenvalue weighted by molar-refractivity contribution is -0.135. The van der Waals surface area contributed by atoms with E-state index in [1.54, 1.807) is 31.0 Å². The first kappa shape index (κ1) is 17.4. The van der Waals surface area contributed by atoms with Crippen LogP contribution in [0.1, 0.15) is 33.1 Å². The maximum absolute atomic E-state index is 12.7. The number of hydrogen-bond acceptors (Lipinski definition) is 3. The Balaban J connectivity index is 2.31. The summed E-state index contributed by atoms with van der Waals surface area (Å²) in [5.41, 5.74) is 5.22. The SMILES string of the molecule is CCCC(C)(N)C(=O)N(C)CCCOc1ccc(F)cc1. The largest absolute Gasteiger partial charge is 0.494 e. The van der Waals surface area contributed by atoms with Gasteiger partial charge in [0.15, 0.2) is 0 Å². The second-order valence-electron chi connectivity index (χ2n) is 5.55. The Morgan fingerprint density at radius 2 is 2.00 bits per heavy atom. The van der Waals surface area contributed by atoms with Crippen LogP contribution in [0, 0.1) is 5.82 Å². The van der Waals surface area contributed by atoms with Gasteiger partial charge in [-0.25, -0.2) is 4.39 Å². The number of amides is 1. The van der Waals surface area contributed by atoms with Crippen LogP contribution in [0.15, 0.2) is 24.3 Å². The van der Waals surface area contributed by atoms with Crippen molar-refractivity contribution < 1.29 is 13.9 Å². The van der Waals surface area contributed by atoms with Gasteiger partial charge in [0.05, 0.1) is 12.1 Å². The molecule has 1 rings (SSSR count). The number of nitrogens with zero attached hydrogens (tertiary/aromatic N) is 1. The summed E-state index contributed by atoms with van der Waals surface area (Å²) in [7, 11) is 1.75. The van der Waals surface area contributed by atoms with Gasteiger partial charge in [-0.05, 0) is 44.0 Å². The number of likely N-dealkylation sites (N-methyl/N-ethyl adjacent to an activating group) is 1. The van der Waals surface area contributed by atoms with E-state index >= 15 is 0 Å². The van der Waals surface area contributed by atoms with Crippen molar-refractivity contribution >= 4 is 5.91 Å². The smallest absolute Gasteiger partial charge is 0.242 e. The molecule has 0 radical (unpaired) electrons. The third-order valence-corrected chi connectivity index (χ3v) is 3.32. The second-order valence-corrected chi connectivity index (χ2v) is 5.55. The molecule has 0 fully saturated rings. The minimum absolute atomic E-state index is 0.0499. The van der Waals surface area contributed by atoms with E-state index in [2.05, 4.69) is 0 Å². The van der Waals surface area contributed by atoms with Crippen LogP contribution >= 0.6 is 0 Å². The zero-order valence-corrected chi connectivity index (χ0v) is 13.1. The molecule has 1 amide bonds. The second kappa shape index (κ2) is 7.98. The molecular weight excluding hydrogens is 271 g/mol. The molecular formula is C16H25FN2O2. The molecule has 0 aliphatic carbocycles. The minimum Gasteiger partial charge on any atom is -0.494 e. The molecule has 0 aliphatic rings. The fraction of sp³-hybridized carbons (Fsp3) is 0.562. The summed E-state index contributed by atoms with van der Waals surface area (Å²) in [5, 5.41) is 0. The van der Waals surface area contributed by atoms with Crippen molar-refractivity contribution in [3.05, 3.63) is 30.1 Å². The van der Waals surface area contributed by atoms with E-state index in [1.165, 1.54) is 12.1 Å². The van der Waals surface area contributed by atoms with Gasteiger partial charge in [-0.2, -0.15) is 0 Å². The quantitative estimate of drug-likeness (QED) is 0.750. The van der Waals surface area contributed by atoms with Gasteiger partial charge < -0.3 is 15.4 Å². The van der Waals surface area contributed by atoms with Gasteiger partial charge in [0.25, 0.3) is 0 Å². The van der Waals surface area contributed by atoms with E-state index in [9.17, 15) is 9.18 Å². The highest BCUT2D eigenvalue weighted by molar-refractivity contribution is 5.85. The Morgan fingerprint density at radius 1 is 1.38 bits per heavy atom. The maximum atomic E-state index is 12.7. The molecule has 2 N–H and O–H groups in total. The fourth-order valence-corrected chi connectivity index (χ4v) is 2.19. The predicted molar refractivity (Wildman–Crippen MR) is 81.6 cm³/mol. The summed E-state index contributed by atoms with van der Waals surface area (Å²) >= 11 is 0. The number of nitrogens with two attached hydrogens (primary N) is 1. The topological polar surface area (TPSA) is 55.6 Å². The van der Waals surface area contributed by atoms with Gasteiger partial charge in [-0.15, -0.1) is 0 Å². The molecule has 0 saturated carbocycles. The fourth-order valence-electron chi connectivity index (χ4n) is 2.19. The van der Waals surface area contributed by atoms with Crippen LogP contribution in [-0.2, 0) is 4.79 Å². The summed E-state index contributed by atoms with van der Waals surface area (Å²) in [6, 6.07) is 5.88. The third-order valence-electron chi connectivity index (χ3n) is 3.32. The standard InChI is InChI=1S/C16H25FN2O2/c1-4-10-16(2,18)15(20)19(3)11-5-12-21-14-8-6-13(17)7-9-14/h6-9H,4-5,10-12,18H2,1-3H3. The number of carbonyl (C=O) groups excluding carboxylic acids is 1. The van der Waals surface area contributed by atoms with E-state index in [1.807, 2.05) is 6.92 Å². The molecule has 5 heteroatoms. The van der Waals surface area contributed by atoms with E-state index < -0.39 is 5.54 Å². The number of halogens is 1. The summed E-state index contributed by atoms with van der Waals surface area (Å²) < 4.78 is 18.2. The molecule has 21 heavy (non-hydrogen) atoms. The first-order chi connectivity index (χ1) is 9.86. The number of carbonyl (C=O) groups is 1. The molecule has 0 aliphatic heterocycles. The first-order valence-electron chi connectivity index (χ1n) is 7.29. The van der Waals surface area contributed by atoms with Crippen LogP contribution in [-0.4, -0.2) is 36.5 Å². The van der Waals surface area contributed by atoms with Crippen molar-refractivity contribution in [3.63, 3.8) is 0 Å². The predicted octanol–water partition coefficient (Wildman–Crippen LogP) is 2.57. The first-order valence-corrected chi connectivity index (χ1v) is 7.29. The molecule has 0 saturated heterocycles. The lowest BCUT2D eigenvalue weighted by Gasteiger charge is -2.29. The Kier molecular flexibility index (Phi) is 6.62. The zero-order chi connectivity index (χ0) is 15.9. The number of hydrogen-bond donors (Lipinski definition) is 1. The minimum atomic E-state index is -0.804.